The summed E-state index contributed by atoms with van der Waals surface area (Å²) in [6, 6.07) is 0. The molecule has 0 amide bonds. The van der Waals surface area contributed by atoms with Gasteiger partial charge in [-0.2, -0.15) is 0 Å². The number of anilines is 3. The molecule has 0 radical (unpaired) electrons. The average molecular weight is 297 g/mol. The highest BCUT2D eigenvalue weighted by molar-refractivity contribution is 7.71. The predicted octanol–water partition coefficient (Wildman–Crippen LogP) is 3.19. The minimum absolute atomic E-state index is 0.473. The highest BCUT2D eigenvalue weighted by Gasteiger charge is 2.13. The summed E-state index contributed by atoms with van der Waals surface area (Å²) in [4.78, 5) is 11.8. The Morgan fingerprint density at radius 1 is 1.15 bits per heavy atom. The van der Waals surface area contributed by atoms with Crippen molar-refractivity contribution in [3.63, 3.8) is 0 Å². The summed E-state index contributed by atoms with van der Waals surface area (Å²) < 4.78 is 0.473. The quantitative estimate of drug-likeness (QED) is 0.722. The van der Waals surface area contributed by atoms with Gasteiger partial charge in [-0.3, -0.25) is 0 Å². The van der Waals surface area contributed by atoms with Crippen LogP contribution in [0.4, 0.5) is 17.5 Å². The smallest absolute Gasteiger partial charge is 0.205 e. The first kappa shape index (κ1) is 16.8. The number of rotatable bonds is 8. The number of aromatic nitrogens is 2. The van der Waals surface area contributed by atoms with Crippen LogP contribution in [0.25, 0.3) is 0 Å². The molecule has 20 heavy (non-hydrogen) atoms. The number of hydrogen-bond acceptors (Lipinski definition) is 5. The second-order valence-electron chi connectivity index (χ2n) is 5.22. The third kappa shape index (κ3) is 4.37. The molecule has 0 aliphatic rings. The molecule has 1 aromatic heterocycles. The van der Waals surface area contributed by atoms with Crippen molar-refractivity contribution < 1.29 is 0 Å². The van der Waals surface area contributed by atoms with Crippen molar-refractivity contribution in [3.05, 3.63) is 4.64 Å². The van der Waals surface area contributed by atoms with Crippen molar-refractivity contribution in [1.82, 2.24) is 9.97 Å². The fraction of sp³-hybridized carbons (Fsp3) is 0.714. The Bertz CT molecular complexity index is 461. The van der Waals surface area contributed by atoms with Gasteiger partial charge in [-0.1, -0.05) is 38.9 Å². The number of hydrogen-bond donors (Lipinski definition) is 2. The summed E-state index contributed by atoms with van der Waals surface area (Å²) in [5.41, 5.74) is 6.72. The standard InChI is InChI=1S/C14H27N5S/c1-5-7-9-19(10-8-6-2)12-11(15)13(20)17-14(16-12)18(3)4/h5-10,15H2,1-4H3,(H,16,17,20). The van der Waals surface area contributed by atoms with Crippen LogP contribution >= 0.6 is 12.2 Å². The number of nitrogens with two attached hydrogens (primary N) is 1. The van der Waals surface area contributed by atoms with Gasteiger partial charge in [-0.25, -0.2) is 4.98 Å². The molecule has 114 valence electrons. The minimum Gasteiger partial charge on any atom is -0.393 e. The maximum Gasteiger partial charge on any atom is 0.205 e. The molecule has 0 atom stereocenters. The third-order valence-electron chi connectivity index (χ3n) is 3.23. The molecule has 0 unspecified atom stereocenters. The van der Waals surface area contributed by atoms with E-state index in [1.807, 2.05) is 19.0 Å². The van der Waals surface area contributed by atoms with Crippen LogP contribution in [0.1, 0.15) is 39.5 Å². The normalized spacial score (nSPS) is 10.6. The summed E-state index contributed by atoms with van der Waals surface area (Å²) in [6.45, 7) is 6.37. The Morgan fingerprint density at radius 2 is 1.70 bits per heavy atom. The Kier molecular flexibility index (Phi) is 6.78. The first-order valence-electron chi connectivity index (χ1n) is 7.33. The van der Waals surface area contributed by atoms with Crippen molar-refractivity contribution >= 4 is 29.7 Å². The SMILES string of the molecule is CCCCN(CCCC)c1[nH]c(N(C)C)nc(=S)c1N. The fourth-order valence-electron chi connectivity index (χ4n) is 1.95. The van der Waals surface area contributed by atoms with E-state index in [1.165, 1.54) is 0 Å². The lowest BCUT2D eigenvalue weighted by atomic mass is 10.2. The van der Waals surface area contributed by atoms with Crippen LogP contribution in [-0.4, -0.2) is 37.2 Å². The Hall–Kier alpha value is -1.30. The maximum atomic E-state index is 6.14. The monoisotopic (exact) mass is 297 g/mol. The zero-order valence-electron chi connectivity index (χ0n) is 13.1. The molecule has 1 heterocycles. The third-order valence-corrected chi connectivity index (χ3v) is 3.54. The summed E-state index contributed by atoms with van der Waals surface area (Å²) in [5.74, 6) is 1.66. The number of H-pyrrole nitrogens is 1. The summed E-state index contributed by atoms with van der Waals surface area (Å²) in [7, 11) is 3.88. The van der Waals surface area contributed by atoms with Gasteiger partial charge in [0.1, 0.15) is 11.5 Å². The Labute approximate surface area is 127 Å². The van der Waals surface area contributed by atoms with Crippen LogP contribution in [-0.2, 0) is 0 Å². The van der Waals surface area contributed by atoms with E-state index in [1.54, 1.807) is 0 Å². The van der Waals surface area contributed by atoms with Gasteiger partial charge in [0, 0.05) is 27.2 Å². The van der Waals surface area contributed by atoms with E-state index in [4.69, 9.17) is 18.0 Å². The van der Waals surface area contributed by atoms with E-state index >= 15 is 0 Å². The zero-order chi connectivity index (χ0) is 15.1. The van der Waals surface area contributed by atoms with E-state index in [2.05, 4.69) is 28.7 Å². The number of nitrogens with zero attached hydrogens (tertiary/aromatic N) is 3. The predicted molar refractivity (Wildman–Crippen MR) is 90.2 cm³/mol. The lowest BCUT2D eigenvalue weighted by Crippen LogP contribution is -2.28. The fourth-order valence-corrected chi connectivity index (χ4v) is 2.14. The Balaban J connectivity index is 3.12. The summed E-state index contributed by atoms with van der Waals surface area (Å²) in [5, 5.41) is 0. The average Bonchev–Trinajstić information content (AvgIpc) is 2.42. The van der Waals surface area contributed by atoms with Crippen molar-refractivity contribution in [2.75, 3.05) is 42.7 Å². The molecule has 0 aliphatic carbocycles. The molecule has 6 heteroatoms. The molecular weight excluding hydrogens is 270 g/mol. The van der Waals surface area contributed by atoms with Gasteiger partial charge in [-0.15, -0.1) is 0 Å². The summed E-state index contributed by atoms with van der Waals surface area (Å²) in [6.07, 6.45) is 4.61. The topological polar surface area (TPSA) is 61.2 Å². The first-order chi connectivity index (χ1) is 9.51. The van der Waals surface area contributed by atoms with Gasteiger partial charge in [0.25, 0.3) is 0 Å². The van der Waals surface area contributed by atoms with Gasteiger partial charge in [0.05, 0.1) is 0 Å². The molecule has 0 bridgehead atoms. The molecule has 0 saturated heterocycles. The highest BCUT2D eigenvalue weighted by atomic mass is 32.1. The van der Waals surface area contributed by atoms with Crippen molar-refractivity contribution in [1.29, 1.82) is 0 Å². The minimum atomic E-state index is 0.473. The highest BCUT2D eigenvalue weighted by Crippen LogP contribution is 2.24. The van der Waals surface area contributed by atoms with E-state index in [-0.39, 0.29) is 0 Å². The van der Waals surface area contributed by atoms with Crippen LogP contribution in [0.3, 0.4) is 0 Å². The molecule has 0 spiro atoms. The first-order valence-corrected chi connectivity index (χ1v) is 7.74. The van der Waals surface area contributed by atoms with Gasteiger partial charge < -0.3 is 20.5 Å². The number of unbranched alkanes of at least 4 members (excludes halogenated alkanes) is 2. The number of nitrogens with one attached hydrogen (secondary N) is 1. The largest absolute Gasteiger partial charge is 0.393 e. The second-order valence-corrected chi connectivity index (χ2v) is 5.60. The Morgan fingerprint density at radius 3 is 2.15 bits per heavy atom. The van der Waals surface area contributed by atoms with Crippen LogP contribution in [0.15, 0.2) is 0 Å². The van der Waals surface area contributed by atoms with E-state index in [9.17, 15) is 0 Å². The molecule has 0 saturated carbocycles. The van der Waals surface area contributed by atoms with E-state index in [0.29, 0.717) is 10.3 Å². The van der Waals surface area contributed by atoms with Gasteiger partial charge in [0.15, 0.2) is 4.64 Å². The van der Waals surface area contributed by atoms with Crippen LogP contribution in [0.5, 0.6) is 0 Å². The van der Waals surface area contributed by atoms with Crippen molar-refractivity contribution in [2.45, 2.75) is 39.5 Å². The molecule has 0 aliphatic heterocycles. The second kappa shape index (κ2) is 8.09. The molecule has 3 N–H and O–H groups in total. The number of aromatic amines is 1. The molecular formula is C14H27N5S. The molecule has 1 rings (SSSR count). The van der Waals surface area contributed by atoms with Gasteiger partial charge >= 0.3 is 0 Å². The number of nitrogen functional groups attached to an aromatic ring is 1. The molecule has 0 aromatic carbocycles. The van der Waals surface area contributed by atoms with Crippen molar-refractivity contribution in [2.24, 2.45) is 0 Å². The van der Waals surface area contributed by atoms with Crippen molar-refractivity contribution in [3.8, 4) is 0 Å². The lowest BCUT2D eigenvalue weighted by Gasteiger charge is -2.26. The summed E-state index contributed by atoms with van der Waals surface area (Å²) >= 11 is 5.28. The lowest BCUT2D eigenvalue weighted by molar-refractivity contribution is 0.671. The zero-order valence-corrected chi connectivity index (χ0v) is 13.9. The molecule has 0 fully saturated rings. The maximum absolute atomic E-state index is 6.14. The molecule has 1 aromatic rings. The molecule has 5 nitrogen and oxygen atoms in total. The van der Waals surface area contributed by atoms with E-state index < -0.39 is 0 Å². The van der Waals surface area contributed by atoms with Gasteiger partial charge in [0.2, 0.25) is 5.95 Å². The van der Waals surface area contributed by atoms with E-state index in [0.717, 1.165) is 50.5 Å². The van der Waals surface area contributed by atoms with Crippen LogP contribution < -0.4 is 15.5 Å². The van der Waals surface area contributed by atoms with Gasteiger partial charge in [-0.05, 0) is 12.8 Å². The van der Waals surface area contributed by atoms with Crippen LogP contribution in [0, 0.1) is 4.64 Å². The van der Waals surface area contributed by atoms with Crippen LogP contribution in [0.2, 0.25) is 0 Å².